The lowest BCUT2D eigenvalue weighted by molar-refractivity contribution is -0.132. The monoisotopic (exact) mass is 460 g/mol. The molecule has 3 N–H and O–H groups in total. The van der Waals surface area contributed by atoms with Crippen molar-refractivity contribution in [3.05, 3.63) is 70.8 Å². The second-order valence-electron chi connectivity index (χ2n) is 9.60. The van der Waals surface area contributed by atoms with Crippen LogP contribution >= 0.6 is 0 Å². The van der Waals surface area contributed by atoms with Crippen LogP contribution in [0.15, 0.2) is 48.5 Å². The van der Waals surface area contributed by atoms with E-state index < -0.39 is 0 Å². The Hall–Kier alpha value is -3.15. The van der Waals surface area contributed by atoms with E-state index in [-0.39, 0.29) is 35.4 Å². The van der Waals surface area contributed by atoms with Crippen LogP contribution in [0.5, 0.6) is 0 Å². The molecule has 0 unspecified atom stereocenters. The first-order valence-electron chi connectivity index (χ1n) is 12.6. The summed E-state index contributed by atoms with van der Waals surface area (Å²) < 4.78 is 0. The van der Waals surface area contributed by atoms with E-state index in [2.05, 4.69) is 43.5 Å². The van der Waals surface area contributed by atoms with Crippen LogP contribution in [0.4, 0.5) is 0 Å². The molecular weight excluding hydrogens is 424 g/mol. The number of nitrogens with zero attached hydrogens (tertiary/aromatic N) is 1. The number of amides is 2. The molecule has 0 bridgehead atoms. The molecule has 180 valence electrons. The molecular formula is C28H36N4O2. The summed E-state index contributed by atoms with van der Waals surface area (Å²) in [5.41, 5.74) is 3.63. The van der Waals surface area contributed by atoms with Crippen molar-refractivity contribution in [2.45, 2.75) is 83.3 Å². The quantitative estimate of drug-likeness (QED) is 0.502. The molecule has 0 spiro atoms. The lowest BCUT2D eigenvalue weighted by Gasteiger charge is -2.45. The minimum atomic E-state index is -0.346. The Kier molecular flexibility index (Phi) is 7.05. The Morgan fingerprint density at radius 3 is 2.65 bits per heavy atom. The van der Waals surface area contributed by atoms with Crippen molar-refractivity contribution < 1.29 is 9.59 Å². The van der Waals surface area contributed by atoms with Gasteiger partial charge < -0.3 is 10.6 Å². The van der Waals surface area contributed by atoms with Gasteiger partial charge in [-0.1, -0.05) is 63.6 Å². The topological polar surface area (TPSA) is 85.3 Å². The van der Waals surface area contributed by atoms with Crippen LogP contribution in [0.2, 0.25) is 0 Å². The van der Waals surface area contributed by atoms with Crippen molar-refractivity contribution in [3.63, 3.8) is 0 Å². The maximum absolute atomic E-state index is 13.3. The molecule has 1 aliphatic heterocycles. The van der Waals surface area contributed by atoms with Gasteiger partial charge in [-0.05, 0) is 60.9 Å². The summed E-state index contributed by atoms with van der Waals surface area (Å²) in [5, 5.41) is 15.2. The highest BCUT2D eigenvalue weighted by molar-refractivity contribution is 6.00. The smallest absolute Gasteiger partial charge is 0.251 e. The molecule has 2 amide bonds. The second-order valence-corrected chi connectivity index (χ2v) is 9.60. The molecule has 1 fully saturated rings. The zero-order valence-electron chi connectivity index (χ0n) is 20.5. The van der Waals surface area contributed by atoms with Crippen LogP contribution in [0, 0.1) is 5.41 Å². The van der Waals surface area contributed by atoms with Gasteiger partial charge in [0, 0.05) is 11.1 Å². The van der Waals surface area contributed by atoms with Crippen LogP contribution < -0.4 is 10.6 Å². The molecule has 0 aromatic heterocycles. The number of fused-ring (bicyclic) bond motifs is 1. The Bertz CT molecular complexity index is 1060. The minimum absolute atomic E-state index is 0.0241. The zero-order chi connectivity index (χ0) is 24.3. The highest BCUT2D eigenvalue weighted by atomic mass is 16.2. The number of rotatable bonds is 8. The van der Waals surface area contributed by atoms with Gasteiger partial charge in [0.1, 0.15) is 0 Å². The maximum atomic E-state index is 13.3. The largest absolute Gasteiger partial charge is 0.350 e. The molecule has 0 radical (unpaired) electrons. The third-order valence-electron chi connectivity index (χ3n) is 7.58. The van der Waals surface area contributed by atoms with Crippen molar-refractivity contribution in [2.24, 2.45) is 0 Å². The molecule has 0 saturated carbocycles. The van der Waals surface area contributed by atoms with Crippen molar-refractivity contribution in [3.8, 4) is 0 Å². The molecule has 2 aliphatic rings. The van der Waals surface area contributed by atoms with Gasteiger partial charge in [0.2, 0.25) is 5.91 Å². The number of benzene rings is 2. The average molecular weight is 461 g/mol. The van der Waals surface area contributed by atoms with E-state index in [9.17, 15) is 9.59 Å². The summed E-state index contributed by atoms with van der Waals surface area (Å²) in [7, 11) is 0. The minimum Gasteiger partial charge on any atom is -0.350 e. The van der Waals surface area contributed by atoms with Crippen molar-refractivity contribution in [1.82, 2.24) is 15.5 Å². The molecule has 1 aliphatic carbocycles. The van der Waals surface area contributed by atoms with Gasteiger partial charge in [0.05, 0.1) is 18.5 Å². The van der Waals surface area contributed by atoms with E-state index in [1.807, 2.05) is 36.4 Å². The van der Waals surface area contributed by atoms with Gasteiger partial charge in [-0.2, -0.15) is 0 Å². The average Bonchev–Trinajstić information content (AvgIpc) is 3.25. The van der Waals surface area contributed by atoms with Crippen LogP contribution in [0.1, 0.15) is 98.4 Å². The lowest BCUT2D eigenvalue weighted by Crippen LogP contribution is -2.62. The number of hydrogen-bond acceptors (Lipinski definition) is 3. The molecule has 6 heteroatoms. The Morgan fingerprint density at radius 1 is 1.18 bits per heavy atom. The first-order chi connectivity index (χ1) is 16.4. The standard InChI is InChI=1S/C28H36N4O2/c1-4-10-24(32-25(33)18-28(5-2,6-3)31-27(32)29)20-12-9-13-21(17-20)26(34)30-23-16-15-19-11-7-8-14-22(19)23/h7-9,11-14,17,23-24H,4-6,10,15-16,18H2,1-3H3,(H2,29,31)(H,30,34)/t23-,24+/m0/s1. The van der Waals surface area contributed by atoms with Gasteiger partial charge in [0.25, 0.3) is 5.91 Å². The van der Waals surface area contributed by atoms with Crippen molar-refractivity contribution in [1.29, 1.82) is 5.41 Å². The summed E-state index contributed by atoms with van der Waals surface area (Å²) in [6.07, 6.45) is 5.44. The number of carbonyl (C=O) groups excluding carboxylic acids is 2. The summed E-state index contributed by atoms with van der Waals surface area (Å²) in [5.74, 6) is 0.0343. The van der Waals surface area contributed by atoms with E-state index in [4.69, 9.17) is 5.41 Å². The SMILES string of the molecule is CCC[C@H](c1cccc(C(=O)N[C@H]2CCc3ccccc32)c1)N1C(=N)NC(CC)(CC)CC1=O. The number of hydrogen-bond donors (Lipinski definition) is 3. The maximum Gasteiger partial charge on any atom is 0.251 e. The summed E-state index contributed by atoms with van der Waals surface area (Å²) in [6.45, 7) is 6.19. The van der Waals surface area contributed by atoms with E-state index in [0.717, 1.165) is 44.1 Å². The zero-order valence-corrected chi connectivity index (χ0v) is 20.5. The molecule has 2 aromatic carbocycles. The van der Waals surface area contributed by atoms with Crippen molar-refractivity contribution >= 4 is 17.8 Å². The fourth-order valence-corrected chi connectivity index (χ4v) is 5.42. The Balaban J connectivity index is 1.55. The van der Waals surface area contributed by atoms with E-state index in [0.29, 0.717) is 12.0 Å². The Morgan fingerprint density at radius 2 is 1.94 bits per heavy atom. The van der Waals surface area contributed by atoms with Gasteiger partial charge in [-0.3, -0.25) is 19.9 Å². The number of nitrogens with one attached hydrogen (secondary N) is 3. The molecule has 1 saturated heterocycles. The molecule has 1 heterocycles. The van der Waals surface area contributed by atoms with Gasteiger partial charge in [0.15, 0.2) is 5.96 Å². The summed E-state index contributed by atoms with van der Waals surface area (Å²) >= 11 is 0. The van der Waals surface area contributed by atoms with Gasteiger partial charge in [-0.15, -0.1) is 0 Å². The van der Waals surface area contributed by atoms with Gasteiger partial charge >= 0.3 is 0 Å². The van der Waals surface area contributed by atoms with Crippen LogP contribution in [0.25, 0.3) is 0 Å². The van der Waals surface area contributed by atoms with Crippen LogP contribution in [-0.2, 0) is 11.2 Å². The van der Waals surface area contributed by atoms with Gasteiger partial charge in [-0.25, -0.2) is 0 Å². The normalized spacial score (nSPS) is 20.0. The van der Waals surface area contributed by atoms with Crippen molar-refractivity contribution in [2.75, 3.05) is 0 Å². The molecule has 34 heavy (non-hydrogen) atoms. The van der Waals surface area contributed by atoms with Crippen LogP contribution in [0.3, 0.4) is 0 Å². The fourth-order valence-electron chi connectivity index (χ4n) is 5.42. The lowest BCUT2D eigenvalue weighted by atomic mass is 9.86. The predicted molar refractivity (Wildman–Crippen MR) is 135 cm³/mol. The highest BCUT2D eigenvalue weighted by Crippen LogP contribution is 2.34. The summed E-state index contributed by atoms with van der Waals surface area (Å²) in [4.78, 5) is 28.0. The number of guanidine groups is 1. The second kappa shape index (κ2) is 10.00. The number of carbonyl (C=O) groups is 2. The number of aryl methyl sites for hydroxylation is 1. The molecule has 4 rings (SSSR count). The van der Waals surface area contributed by atoms with Crippen LogP contribution in [-0.4, -0.2) is 28.2 Å². The summed E-state index contributed by atoms with van der Waals surface area (Å²) in [6, 6.07) is 15.6. The molecule has 2 aromatic rings. The van der Waals surface area contributed by atoms with E-state index in [1.54, 1.807) is 4.90 Å². The fraction of sp³-hybridized carbons (Fsp3) is 0.464. The first-order valence-corrected chi connectivity index (χ1v) is 12.6. The third kappa shape index (κ3) is 4.59. The third-order valence-corrected chi connectivity index (χ3v) is 7.58. The predicted octanol–water partition coefficient (Wildman–Crippen LogP) is 5.26. The highest BCUT2D eigenvalue weighted by Gasteiger charge is 2.41. The van der Waals surface area contributed by atoms with E-state index in [1.165, 1.54) is 11.1 Å². The Labute approximate surface area is 202 Å². The molecule has 2 atom stereocenters. The van der Waals surface area contributed by atoms with E-state index >= 15 is 0 Å². The first kappa shape index (κ1) is 24.0. The molecule has 6 nitrogen and oxygen atoms in total.